The first-order chi connectivity index (χ1) is 13.8. The second-order valence-corrected chi connectivity index (χ2v) is 6.68. The molecule has 0 saturated carbocycles. The average molecular weight is 380 g/mol. The van der Waals surface area contributed by atoms with E-state index < -0.39 is 0 Å². The summed E-state index contributed by atoms with van der Waals surface area (Å²) in [6, 6.07) is 15.8. The average Bonchev–Trinajstić information content (AvgIpc) is 3.23. The molecule has 28 heavy (non-hydrogen) atoms. The molecule has 0 amide bonds. The van der Waals surface area contributed by atoms with Crippen molar-refractivity contribution >= 4 is 5.69 Å². The molecule has 1 aliphatic rings. The number of ether oxygens (including phenoxy) is 2. The minimum absolute atomic E-state index is 0.585. The third-order valence-electron chi connectivity index (χ3n) is 4.95. The minimum atomic E-state index is 0.585. The maximum absolute atomic E-state index is 5.48. The number of piperazine rings is 1. The maximum atomic E-state index is 5.48. The van der Waals surface area contributed by atoms with Crippen LogP contribution in [0.1, 0.15) is 5.89 Å². The molecule has 0 N–H and O–H groups in total. The molecule has 7 heteroatoms. The number of para-hydroxylation sites is 2. The van der Waals surface area contributed by atoms with E-state index >= 15 is 0 Å². The normalized spacial score (nSPS) is 14.9. The molecular formula is C21H24N4O3. The van der Waals surface area contributed by atoms with Gasteiger partial charge in [0.05, 0.1) is 26.5 Å². The Kier molecular flexibility index (Phi) is 5.43. The summed E-state index contributed by atoms with van der Waals surface area (Å²) in [4.78, 5) is 9.23. The van der Waals surface area contributed by atoms with Crippen molar-refractivity contribution in [1.82, 2.24) is 15.0 Å². The number of anilines is 1. The molecule has 0 radical (unpaired) electrons. The second kappa shape index (κ2) is 8.31. The summed E-state index contributed by atoms with van der Waals surface area (Å²) in [5, 5.41) is 4.12. The van der Waals surface area contributed by atoms with E-state index in [0.717, 1.165) is 48.9 Å². The Morgan fingerprint density at radius 1 is 0.964 bits per heavy atom. The number of hydrogen-bond acceptors (Lipinski definition) is 7. The van der Waals surface area contributed by atoms with E-state index in [1.807, 2.05) is 42.5 Å². The highest BCUT2D eigenvalue weighted by Crippen LogP contribution is 2.28. The topological polar surface area (TPSA) is 63.9 Å². The van der Waals surface area contributed by atoms with Crippen LogP contribution in [-0.4, -0.2) is 55.4 Å². The smallest absolute Gasteiger partial charge is 0.241 e. The summed E-state index contributed by atoms with van der Waals surface area (Å²) in [5.41, 5.74) is 2.03. The lowest BCUT2D eigenvalue weighted by atomic mass is 10.2. The SMILES string of the molecule is COc1cccc(-c2noc(CN3CCN(c4ccccc4OC)CC3)n2)c1. The zero-order valence-electron chi connectivity index (χ0n) is 16.2. The lowest BCUT2D eigenvalue weighted by Crippen LogP contribution is -2.46. The molecule has 0 unspecified atom stereocenters. The van der Waals surface area contributed by atoms with E-state index in [2.05, 4.69) is 26.0 Å². The molecular weight excluding hydrogens is 356 g/mol. The molecule has 4 rings (SSSR count). The summed E-state index contributed by atoms with van der Waals surface area (Å²) < 4.78 is 16.2. The molecule has 0 spiro atoms. The molecule has 146 valence electrons. The molecule has 2 heterocycles. The predicted molar refractivity (Wildman–Crippen MR) is 107 cm³/mol. The Bertz CT molecular complexity index is 919. The van der Waals surface area contributed by atoms with Crippen molar-refractivity contribution in [2.75, 3.05) is 45.3 Å². The lowest BCUT2D eigenvalue weighted by molar-refractivity contribution is 0.215. The highest BCUT2D eigenvalue weighted by molar-refractivity contribution is 5.59. The number of methoxy groups -OCH3 is 2. The van der Waals surface area contributed by atoms with Gasteiger partial charge in [-0.3, -0.25) is 4.90 Å². The predicted octanol–water partition coefficient (Wildman–Crippen LogP) is 3.08. The van der Waals surface area contributed by atoms with Gasteiger partial charge in [-0.05, 0) is 24.3 Å². The highest BCUT2D eigenvalue weighted by atomic mass is 16.5. The summed E-state index contributed by atoms with van der Waals surface area (Å²) in [6.45, 7) is 4.36. The van der Waals surface area contributed by atoms with Gasteiger partial charge < -0.3 is 18.9 Å². The van der Waals surface area contributed by atoms with Crippen molar-refractivity contribution in [3.05, 3.63) is 54.4 Å². The Balaban J connectivity index is 1.37. The van der Waals surface area contributed by atoms with E-state index in [-0.39, 0.29) is 0 Å². The van der Waals surface area contributed by atoms with Crippen molar-refractivity contribution in [1.29, 1.82) is 0 Å². The minimum Gasteiger partial charge on any atom is -0.497 e. The van der Waals surface area contributed by atoms with E-state index in [9.17, 15) is 0 Å². The zero-order valence-corrected chi connectivity index (χ0v) is 16.2. The van der Waals surface area contributed by atoms with Crippen LogP contribution in [0, 0.1) is 0 Å². The third-order valence-corrected chi connectivity index (χ3v) is 4.95. The zero-order chi connectivity index (χ0) is 19.3. The molecule has 2 aromatic carbocycles. The van der Waals surface area contributed by atoms with Gasteiger partial charge in [0.2, 0.25) is 11.7 Å². The van der Waals surface area contributed by atoms with Crippen molar-refractivity contribution < 1.29 is 14.0 Å². The second-order valence-electron chi connectivity index (χ2n) is 6.68. The van der Waals surface area contributed by atoms with Crippen LogP contribution >= 0.6 is 0 Å². The standard InChI is InChI=1S/C21H24N4O3/c1-26-17-7-5-6-16(14-17)21-22-20(28-23-21)15-24-10-12-25(13-11-24)18-8-3-4-9-19(18)27-2/h3-9,14H,10-13,15H2,1-2H3. The van der Waals surface area contributed by atoms with Crippen LogP contribution in [-0.2, 0) is 6.54 Å². The van der Waals surface area contributed by atoms with Crippen LogP contribution in [0.25, 0.3) is 11.4 Å². The van der Waals surface area contributed by atoms with Crippen LogP contribution in [0.3, 0.4) is 0 Å². The van der Waals surface area contributed by atoms with E-state index in [4.69, 9.17) is 14.0 Å². The first-order valence-electron chi connectivity index (χ1n) is 9.34. The lowest BCUT2D eigenvalue weighted by Gasteiger charge is -2.35. The number of hydrogen-bond donors (Lipinski definition) is 0. The molecule has 3 aromatic rings. The Hall–Kier alpha value is -3.06. The van der Waals surface area contributed by atoms with Gasteiger partial charge in [0.1, 0.15) is 11.5 Å². The van der Waals surface area contributed by atoms with Crippen molar-refractivity contribution in [3.63, 3.8) is 0 Å². The van der Waals surface area contributed by atoms with Gasteiger partial charge in [0.25, 0.3) is 0 Å². The highest BCUT2D eigenvalue weighted by Gasteiger charge is 2.21. The molecule has 1 aromatic heterocycles. The number of rotatable bonds is 6. The van der Waals surface area contributed by atoms with Gasteiger partial charge in [-0.25, -0.2) is 0 Å². The van der Waals surface area contributed by atoms with Gasteiger partial charge in [0.15, 0.2) is 0 Å². The van der Waals surface area contributed by atoms with Crippen molar-refractivity contribution in [2.24, 2.45) is 0 Å². The summed E-state index contributed by atoms with van der Waals surface area (Å²) >= 11 is 0. The van der Waals surface area contributed by atoms with Gasteiger partial charge in [0, 0.05) is 31.7 Å². The summed E-state index contributed by atoms with van der Waals surface area (Å²) in [7, 11) is 3.36. The van der Waals surface area contributed by atoms with Gasteiger partial charge in [-0.15, -0.1) is 0 Å². The third kappa shape index (κ3) is 3.94. The number of aromatic nitrogens is 2. The Morgan fingerprint density at radius 2 is 1.79 bits per heavy atom. The maximum Gasteiger partial charge on any atom is 0.241 e. The fraction of sp³-hybridized carbons (Fsp3) is 0.333. The first kappa shape index (κ1) is 18.3. The van der Waals surface area contributed by atoms with Gasteiger partial charge in [-0.2, -0.15) is 4.98 Å². The molecule has 0 bridgehead atoms. The van der Waals surface area contributed by atoms with E-state index in [1.165, 1.54) is 0 Å². The monoisotopic (exact) mass is 380 g/mol. The van der Waals surface area contributed by atoms with E-state index in [0.29, 0.717) is 18.3 Å². The van der Waals surface area contributed by atoms with Crippen LogP contribution in [0.4, 0.5) is 5.69 Å². The van der Waals surface area contributed by atoms with E-state index in [1.54, 1.807) is 14.2 Å². The van der Waals surface area contributed by atoms with Crippen LogP contribution in [0.15, 0.2) is 53.1 Å². The molecule has 1 saturated heterocycles. The van der Waals surface area contributed by atoms with Gasteiger partial charge >= 0.3 is 0 Å². The molecule has 0 aliphatic carbocycles. The van der Waals surface area contributed by atoms with Crippen LogP contribution in [0.2, 0.25) is 0 Å². The van der Waals surface area contributed by atoms with Crippen molar-refractivity contribution in [2.45, 2.75) is 6.54 Å². The largest absolute Gasteiger partial charge is 0.497 e. The van der Waals surface area contributed by atoms with Crippen LogP contribution in [0.5, 0.6) is 11.5 Å². The molecule has 1 aliphatic heterocycles. The molecule has 7 nitrogen and oxygen atoms in total. The van der Waals surface area contributed by atoms with Gasteiger partial charge in [-0.1, -0.05) is 29.4 Å². The Morgan fingerprint density at radius 3 is 2.57 bits per heavy atom. The summed E-state index contributed by atoms with van der Waals surface area (Å²) in [6.07, 6.45) is 0. The Labute approximate surface area is 164 Å². The molecule has 0 atom stereocenters. The fourth-order valence-electron chi connectivity index (χ4n) is 3.43. The fourth-order valence-corrected chi connectivity index (χ4v) is 3.43. The van der Waals surface area contributed by atoms with Crippen molar-refractivity contribution in [3.8, 4) is 22.9 Å². The quantitative estimate of drug-likeness (QED) is 0.651. The first-order valence-corrected chi connectivity index (χ1v) is 9.34. The van der Waals surface area contributed by atoms with Crippen LogP contribution < -0.4 is 14.4 Å². The number of nitrogens with zero attached hydrogens (tertiary/aromatic N) is 4. The number of benzene rings is 2. The summed E-state index contributed by atoms with van der Waals surface area (Å²) in [5.74, 6) is 2.90. The molecule has 1 fully saturated rings.